The van der Waals surface area contributed by atoms with Crippen LogP contribution in [0.25, 0.3) is 5.52 Å². The largest absolute Gasteiger partial charge is 0.249 e. The molecule has 0 saturated heterocycles. The molecule has 2 heterocycles. The molecule has 0 radical (unpaired) electrons. The molecule has 0 saturated carbocycles. The van der Waals surface area contributed by atoms with Gasteiger partial charge in [0, 0.05) is 0 Å². The third-order valence-corrected chi connectivity index (χ3v) is 3.52. The van der Waals surface area contributed by atoms with Gasteiger partial charge < -0.3 is 0 Å². The maximum atomic E-state index is 2.26. The smallest absolute Gasteiger partial charge is 0.229 e. The number of hydrogen-bond acceptors (Lipinski definition) is 0. The van der Waals surface area contributed by atoms with Crippen LogP contribution in [0.5, 0.6) is 0 Å². The fourth-order valence-electron chi connectivity index (χ4n) is 2.35. The lowest BCUT2D eigenvalue weighted by Gasteiger charge is -2.07. The van der Waals surface area contributed by atoms with Crippen molar-refractivity contribution >= 4 is 5.52 Å². The molecule has 90 valence electrons. The third-order valence-electron chi connectivity index (χ3n) is 3.52. The van der Waals surface area contributed by atoms with Crippen molar-refractivity contribution in [2.24, 2.45) is 0 Å². The van der Waals surface area contributed by atoms with Crippen molar-refractivity contribution in [2.45, 2.75) is 19.9 Å². The van der Waals surface area contributed by atoms with Gasteiger partial charge in [-0.3, -0.25) is 0 Å². The lowest BCUT2D eigenvalue weighted by atomic mass is 10.1. The van der Waals surface area contributed by atoms with Crippen LogP contribution in [-0.4, -0.2) is 4.40 Å². The Kier molecular flexibility index (Phi) is 2.63. The summed E-state index contributed by atoms with van der Waals surface area (Å²) in [4.78, 5) is 0. The van der Waals surface area contributed by atoms with E-state index in [4.69, 9.17) is 0 Å². The highest BCUT2D eigenvalue weighted by molar-refractivity contribution is 5.43. The Hall–Kier alpha value is -2.09. The van der Waals surface area contributed by atoms with E-state index in [1.807, 2.05) is 0 Å². The lowest BCUT2D eigenvalue weighted by molar-refractivity contribution is -0.709. The van der Waals surface area contributed by atoms with Gasteiger partial charge in [-0.05, 0) is 31.5 Å². The first-order valence-electron chi connectivity index (χ1n) is 6.29. The summed E-state index contributed by atoms with van der Waals surface area (Å²) in [6, 6.07) is 17.3. The first kappa shape index (κ1) is 11.0. The summed E-state index contributed by atoms with van der Waals surface area (Å²) in [6.07, 6.45) is 4.37. The Morgan fingerprint density at radius 1 is 1.00 bits per heavy atom. The topological polar surface area (TPSA) is 8.29 Å². The van der Waals surface area contributed by atoms with Crippen LogP contribution in [0.15, 0.2) is 61.1 Å². The van der Waals surface area contributed by atoms with E-state index in [0.29, 0.717) is 6.04 Å². The summed E-state index contributed by atoms with van der Waals surface area (Å²) in [7, 11) is 0. The summed E-state index contributed by atoms with van der Waals surface area (Å²) >= 11 is 0. The van der Waals surface area contributed by atoms with E-state index in [1.165, 1.54) is 16.8 Å². The standard InChI is InChI=1S/C16H17N2/c1-13-7-6-10-16-11-17(12-18(13)16)14(2)15-8-4-3-5-9-15/h3-12,14H,1-2H3/q+1/t14-/m0/s1. The van der Waals surface area contributed by atoms with E-state index < -0.39 is 0 Å². The molecule has 2 aromatic heterocycles. The normalized spacial score (nSPS) is 12.8. The molecule has 1 atom stereocenters. The van der Waals surface area contributed by atoms with E-state index in [2.05, 4.69) is 83.9 Å². The van der Waals surface area contributed by atoms with Crippen LogP contribution >= 0.6 is 0 Å². The van der Waals surface area contributed by atoms with Gasteiger partial charge in [-0.1, -0.05) is 36.4 Å². The maximum Gasteiger partial charge on any atom is 0.249 e. The molecule has 0 bridgehead atoms. The highest BCUT2D eigenvalue weighted by atomic mass is 15.1. The van der Waals surface area contributed by atoms with Crippen molar-refractivity contribution in [1.82, 2.24) is 4.40 Å². The minimum atomic E-state index is 0.352. The van der Waals surface area contributed by atoms with Crippen LogP contribution in [0.2, 0.25) is 0 Å². The summed E-state index contributed by atoms with van der Waals surface area (Å²) in [6.45, 7) is 4.36. The molecule has 2 heteroatoms. The Bertz CT molecular complexity index is 668. The van der Waals surface area contributed by atoms with Gasteiger partial charge in [0.2, 0.25) is 6.33 Å². The Morgan fingerprint density at radius 3 is 2.50 bits per heavy atom. The van der Waals surface area contributed by atoms with Crippen molar-refractivity contribution in [3.05, 3.63) is 72.3 Å². The molecule has 0 fully saturated rings. The molecule has 18 heavy (non-hydrogen) atoms. The van der Waals surface area contributed by atoms with E-state index in [0.717, 1.165) is 0 Å². The van der Waals surface area contributed by atoms with Crippen LogP contribution in [0, 0.1) is 6.92 Å². The zero-order valence-corrected chi connectivity index (χ0v) is 10.7. The minimum Gasteiger partial charge on any atom is -0.229 e. The average molecular weight is 237 g/mol. The monoisotopic (exact) mass is 237 g/mol. The van der Waals surface area contributed by atoms with Crippen molar-refractivity contribution < 1.29 is 4.57 Å². The van der Waals surface area contributed by atoms with Crippen molar-refractivity contribution in [3.8, 4) is 0 Å². The van der Waals surface area contributed by atoms with Crippen molar-refractivity contribution in [3.63, 3.8) is 0 Å². The molecule has 3 rings (SSSR count). The van der Waals surface area contributed by atoms with Gasteiger partial charge in [-0.2, -0.15) is 4.40 Å². The molecule has 0 spiro atoms. The zero-order valence-electron chi connectivity index (χ0n) is 10.7. The van der Waals surface area contributed by atoms with Gasteiger partial charge in [0.25, 0.3) is 0 Å². The van der Waals surface area contributed by atoms with Gasteiger partial charge in [-0.25, -0.2) is 4.57 Å². The highest BCUT2D eigenvalue weighted by Crippen LogP contribution is 2.13. The predicted octanol–water partition coefficient (Wildman–Crippen LogP) is 3.14. The van der Waals surface area contributed by atoms with E-state index in [-0.39, 0.29) is 0 Å². The predicted molar refractivity (Wildman–Crippen MR) is 72.6 cm³/mol. The second kappa shape index (κ2) is 4.30. The number of nitrogens with zero attached hydrogens (tertiary/aromatic N) is 2. The number of rotatable bonds is 2. The second-order valence-corrected chi connectivity index (χ2v) is 4.74. The molecular formula is C16H17N2+. The number of aromatic nitrogens is 2. The molecule has 2 nitrogen and oxygen atoms in total. The van der Waals surface area contributed by atoms with Crippen LogP contribution < -0.4 is 4.57 Å². The molecule has 0 aliphatic heterocycles. The van der Waals surface area contributed by atoms with Gasteiger partial charge in [0.15, 0.2) is 5.52 Å². The summed E-state index contributed by atoms with van der Waals surface area (Å²) in [5.41, 5.74) is 3.82. The van der Waals surface area contributed by atoms with E-state index >= 15 is 0 Å². The van der Waals surface area contributed by atoms with E-state index in [1.54, 1.807) is 0 Å². The van der Waals surface area contributed by atoms with Crippen LogP contribution in [0.4, 0.5) is 0 Å². The fraction of sp³-hybridized carbons (Fsp3) is 0.188. The average Bonchev–Trinajstić information content (AvgIpc) is 2.84. The fourth-order valence-corrected chi connectivity index (χ4v) is 2.35. The second-order valence-electron chi connectivity index (χ2n) is 4.74. The van der Waals surface area contributed by atoms with Crippen LogP contribution in [-0.2, 0) is 0 Å². The van der Waals surface area contributed by atoms with Crippen LogP contribution in [0.3, 0.4) is 0 Å². The van der Waals surface area contributed by atoms with Crippen molar-refractivity contribution in [2.75, 3.05) is 0 Å². The Morgan fingerprint density at radius 2 is 1.78 bits per heavy atom. The third kappa shape index (κ3) is 1.80. The SMILES string of the molecule is Cc1cccc2c[n+]([C@@H](C)c3ccccc3)cn12. The van der Waals surface area contributed by atoms with E-state index in [9.17, 15) is 0 Å². The minimum absolute atomic E-state index is 0.352. The molecule has 0 N–H and O–H groups in total. The van der Waals surface area contributed by atoms with Crippen LogP contribution in [0.1, 0.15) is 24.2 Å². The van der Waals surface area contributed by atoms with Gasteiger partial charge in [-0.15, -0.1) is 0 Å². The number of pyridine rings is 1. The van der Waals surface area contributed by atoms with Gasteiger partial charge >= 0.3 is 0 Å². The molecule has 0 aliphatic carbocycles. The number of aryl methyl sites for hydroxylation is 1. The summed E-state index contributed by atoms with van der Waals surface area (Å²) in [5, 5.41) is 0. The number of hydrogen-bond donors (Lipinski definition) is 0. The molecule has 0 amide bonds. The van der Waals surface area contributed by atoms with Crippen molar-refractivity contribution in [1.29, 1.82) is 0 Å². The molecule has 1 aromatic carbocycles. The number of imidazole rings is 1. The lowest BCUT2D eigenvalue weighted by Crippen LogP contribution is -2.35. The Balaban J connectivity index is 2.07. The molecule has 0 unspecified atom stereocenters. The number of benzene rings is 1. The molecular weight excluding hydrogens is 220 g/mol. The first-order chi connectivity index (χ1) is 8.75. The molecule has 3 aromatic rings. The first-order valence-corrected chi connectivity index (χ1v) is 6.29. The maximum absolute atomic E-state index is 2.26. The number of fused-ring (bicyclic) bond motifs is 1. The summed E-state index contributed by atoms with van der Waals surface area (Å²) < 4.78 is 4.48. The zero-order chi connectivity index (χ0) is 12.5. The molecule has 0 aliphatic rings. The quantitative estimate of drug-likeness (QED) is 0.605. The Labute approximate surface area is 107 Å². The summed E-state index contributed by atoms with van der Waals surface area (Å²) in [5.74, 6) is 0. The van der Waals surface area contributed by atoms with Gasteiger partial charge in [0.05, 0.1) is 0 Å². The highest BCUT2D eigenvalue weighted by Gasteiger charge is 2.15. The van der Waals surface area contributed by atoms with Gasteiger partial charge in [0.1, 0.15) is 17.9 Å².